The Hall–Kier alpha value is -0.750. The molecule has 0 aliphatic heterocycles. The van der Waals surface area contributed by atoms with Crippen LogP contribution in [0.1, 0.15) is 40.0 Å². The monoisotopic (exact) mass is 288 g/mol. The fourth-order valence-corrected chi connectivity index (χ4v) is 3.63. The number of carboxylic acids is 1. The average Bonchev–Trinajstić information content (AvgIpc) is 2.71. The molecule has 0 aromatic carbocycles. The molecule has 19 heavy (non-hydrogen) atoms. The van der Waals surface area contributed by atoms with Crippen molar-refractivity contribution >= 4 is 23.6 Å². The van der Waals surface area contributed by atoms with Crippen LogP contribution in [0.3, 0.4) is 0 Å². The maximum absolute atomic E-state index is 11.6. The Morgan fingerprint density at radius 3 is 2.68 bits per heavy atom. The van der Waals surface area contributed by atoms with Gasteiger partial charge in [0.05, 0.1) is 5.75 Å². The van der Waals surface area contributed by atoms with E-state index in [0.717, 1.165) is 6.42 Å². The van der Waals surface area contributed by atoms with Crippen LogP contribution in [0.2, 0.25) is 0 Å². The smallest absolute Gasteiger partial charge is 0.323 e. The average molecular weight is 288 g/mol. The Morgan fingerprint density at radius 2 is 2.16 bits per heavy atom. The van der Waals surface area contributed by atoms with E-state index in [1.165, 1.54) is 0 Å². The molecular weight excluding hydrogens is 264 g/mol. The van der Waals surface area contributed by atoms with Crippen molar-refractivity contribution in [3.63, 3.8) is 0 Å². The van der Waals surface area contributed by atoms with Gasteiger partial charge in [-0.2, -0.15) is 0 Å². The van der Waals surface area contributed by atoms with Crippen LogP contribution < -0.4 is 10.6 Å². The van der Waals surface area contributed by atoms with Gasteiger partial charge in [-0.3, -0.25) is 9.59 Å². The van der Waals surface area contributed by atoms with Gasteiger partial charge in [-0.25, -0.2) is 0 Å². The summed E-state index contributed by atoms with van der Waals surface area (Å²) >= 11 is 1.56. The van der Waals surface area contributed by atoms with Crippen molar-refractivity contribution in [2.24, 2.45) is 0 Å². The SMILES string of the molecule is CCNC1(C(=O)O)CCC(SCC(=O)NC(C)C)C1. The molecule has 0 aromatic heterocycles. The molecule has 1 fully saturated rings. The molecule has 0 aromatic rings. The molecule has 0 spiro atoms. The predicted octanol–water partition coefficient (Wildman–Crippen LogP) is 1.23. The van der Waals surface area contributed by atoms with Crippen LogP contribution in [0.15, 0.2) is 0 Å². The molecule has 5 nitrogen and oxygen atoms in total. The van der Waals surface area contributed by atoms with Gasteiger partial charge in [0.2, 0.25) is 5.91 Å². The number of hydrogen-bond donors (Lipinski definition) is 3. The second-order valence-electron chi connectivity index (χ2n) is 5.32. The Kier molecular flexibility index (Phi) is 6.13. The van der Waals surface area contributed by atoms with Crippen molar-refractivity contribution in [2.75, 3.05) is 12.3 Å². The highest BCUT2D eigenvalue weighted by atomic mass is 32.2. The van der Waals surface area contributed by atoms with Crippen LogP contribution in [0.25, 0.3) is 0 Å². The number of carboxylic acid groups (broad SMARTS) is 1. The first-order valence-electron chi connectivity index (χ1n) is 6.79. The van der Waals surface area contributed by atoms with Gasteiger partial charge in [-0.15, -0.1) is 11.8 Å². The van der Waals surface area contributed by atoms with Crippen LogP contribution in [-0.4, -0.2) is 46.1 Å². The molecule has 6 heteroatoms. The van der Waals surface area contributed by atoms with E-state index >= 15 is 0 Å². The molecular formula is C13H24N2O3S. The van der Waals surface area contributed by atoms with Gasteiger partial charge >= 0.3 is 5.97 Å². The van der Waals surface area contributed by atoms with E-state index in [1.54, 1.807) is 11.8 Å². The molecule has 0 saturated heterocycles. The number of carbonyl (C=O) groups excluding carboxylic acids is 1. The van der Waals surface area contributed by atoms with Gasteiger partial charge in [0.15, 0.2) is 0 Å². The summed E-state index contributed by atoms with van der Waals surface area (Å²) in [5.74, 6) is -0.342. The topological polar surface area (TPSA) is 78.4 Å². The molecule has 110 valence electrons. The lowest BCUT2D eigenvalue weighted by molar-refractivity contribution is -0.144. The highest BCUT2D eigenvalue weighted by Crippen LogP contribution is 2.37. The Bertz CT molecular complexity index is 336. The van der Waals surface area contributed by atoms with Crippen LogP contribution in [-0.2, 0) is 9.59 Å². The molecule has 1 amide bonds. The van der Waals surface area contributed by atoms with Crippen molar-refractivity contribution < 1.29 is 14.7 Å². The molecule has 2 atom stereocenters. The molecule has 2 unspecified atom stereocenters. The molecule has 1 aliphatic rings. The zero-order valence-corrected chi connectivity index (χ0v) is 12.7. The van der Waals surface area contributed by atoms with Gasteiger partial charge in [0, 0.05) is 11.3 Å². The van der Waals surface area contributed by atoms with Crippen molar-refractivity contribution in [1.82, 2.24) is 10.6 Å². The maximum Gasteiger partial charge on any atom is 0.323 e. The van der Waals surface area contributed by atoms with E-state index in [-0.39, 0.29) is 17.2 Å². The largest absolute Gasteiger partial charge is 0.480 e. The van der Waals surface area contributed by atoms with Crippen molar-refractivity contribution in [2.45, 2.75) is 56.9 Å². The minimum Gasteiger partial charge on any atom is -0.480 e. The highest BCUT2D eigenvalue weighted by Gasteiger charge is 2.45. The number of carbonyl (C=O) groups is 2. The Labute approximate surface area is 118 Å². The summed E-state index contributed by atoms with van der Waals surface area (Å²) in [5, 5.41) is 15.5. The third kappa shape index (κ3) is 4.69. The van der Waals surface area contributed by atoms with Crippen molar-refractivity contribution in [3.8, 4) is 0 Å². The fourth-order valence-electron chi connectivity index (χ4n) is 2.47. The van der Waals surface area contributed by atoms with Crippen LogP contribution in [0.5, 0.6) is 0 Å². The zero-order chi connectivity index (χ0) is 14.5. The number of amides is 1. The first kappa shape index (κ1) is 16.3. The predicted molar refractivity (Wildman–Crippen MR) is 77.4 cm³/mol. The van der Waals surface area contributed by atoms with E-state index in [2.05, 4.69) is 10.6 Å². The maximum atomic E-state index is 11.6. The van der Waals surface area contributed by atoms with E-state index in [4.69, 9.17) is 0 Å². The summed E-state index contributed by atoms with van der Waals surface area (Å²) in [7, 11) is 0. The minimum atomic E-state index is -0.791. The van der Waals surface area contributed by atoms with E-state index < -0.39 is 11.5 Å². The van der Waals surface area contributed by atoms with Crippen LogP contribution in [0, 0.1) is 0 Å². The Balaban J connectivity index is 2.43. The molecule has 1 aliphatic carbocycles. The minimum absolute atomic E-state index is 0.0243. The fraction of sp³-hybridized carbons (Fsp3) is 0.846. The number of nitrogens with one attached hydrogen (secondary N) is 2. The van der Waals surface area contributed by atoms with Gasteiger partial charge in [-0.05, 0) is 39.7 Å². The standard InChI is InChI=1S/C13H24N2O3S/c1-4-14-13(12(17)18)6-5-10(7-13)19-8-11(16)15-9(2)3/h9-10,14H,4-8H2,1-3H3,(H,15,16)(H,17,18). The van der Waals surface area contributed by atoms with Crippen LogP contribution in [0.4, 0.5) is 0 Å². The van der Waals surface area contributed by atoms with Gasteiger partial charge in [-0.1, -0.05) is 6.92 Å². The first-order valence-corrected chi connectivity index (χ1v) is 7.84. The first-order chi connectivity index (χ1) is 8.89. The third-order valence-electron chi connectivity index (χ3n) is 3.29. The summed E-state index contributed by atoms with van der Waals surface area (Å²) in [6, 6.07) is 0.150. The van der Waals surface area contributed by atoms with Crippen LogP contribution >= 0.6 is 11.8 Å². The zero-order valence-electron chi connectivity index (χ0n) is 11.9. The number of hydrogen-bond acceptors (Lipinski definition) is 4. The number of rotatable bonds is 7. The van der Waals surface area contributed by atoms with Gasteiger partial charge < -0.3 is 15.7 Å². The molecule has 1 rings (SSSR count). The van der Waals surface area contributed by atoms with E-state index in [9.17, 15) is 14.7 Å². The lowest BCUT2D eigenvalue weighted by Crippen LogP contribution is -2.50. The third-order valence-corrected chi connectivity index (χ3v) is 4.60. The normalized spacial score (nSPS) is 26.6. The lowest BCUT2D eigenvalue weighted by Gasteiger charge is -2.25. The number of aliphatic carboxylic acids is 1. The molecule has 1 saturated carbocycles. The number of likely N-dealkylation sites (N-methyl/N-ethyl adjacent to an activating group) is 1. The Morgan fingerprint density at radius 1 is 1.47 bits per heavy atom. The lowest BCUT2D eigenvalue weighted by atomic mass is 9.98. The van der Waals surface area contributed by atoms with E-state index in [0.29, 0.717) is 25.1 Å². The quantitative estimate of drug-likeness (QED) is 0.657. The van der Waals surface area contributed by atoms with E-state index in [1.807, 2.05) is 20.8 Å². The van der Waals surface area contributed by atoms with Crippen molar-refractivity contribution in [1.29, 1.82) is 0 Å². The molecule has 0 radical (unpaired) electrons. The molecule has 0 bridgehead atoms. The highest BCUT2D eigenvalue weighted by molar-refractivity contribution is 8.00. The summed E-state index contributed by atoms with van der Waals surface area (Å²) in [5.41, 5.74) is -0.791. The summed E-state index contributed by atoms with van der Waals surface area (Å²) in [6.45, 7) is 6.43. The van der Waals surface area contributed by atoms with Gasteiger partial charge in [0.25, 0.3) is 0 Å². The second-order valence-corrected chi connectivity index (χ2v) is 6.60. The molecule has 0 heterocycles. The second kappa shape index (κ2) is 7.14. The van der Waals surface area contributed by atoms with Crippen molar-refractivity contribution in [3.05, 3.63) is 0 Å². The number of thioether (sulfide) groups is 1. The summed E-state index contributed by atoms with van der Waals surface area (Å²) in [6.07, 6.45) is 2.08. The summed E-state index contributed by atoms with van der Waals surface area (Å²) < 4.78 is 0. The summed E-state index contributed by atoms with van der Waals surface area (Å²) in [4.78, 5) is 23.0. The van der Waals surface area contributed by atoms with Gasteiger partial charge in [0.1, 0.15) is 5.54 Å². The molecule has 3 N–H and O–H groups in total.